The minimum Gasteiger partial charge on any atom is -0.493 e. The van der Waals surface area contributed by atoms with Gasteiger partial charge in [0, 0.05) is 10.6 Å². The van der Waals surface area contributed by atoms with Gasteiger partial charge < -0.3 is 19.6 Å². The molecular formula is C19H23ClN2O3. The summed E-state index contributed by atoms with van der Waals surface area (Å²) in [5.74, 6) is 2.16. The van der Waals surface area contributed by atoms with Crippen LogP contribution in [-0.4, -0.2) is 27.0 Å². The molecule has 0 saturated carbocycles. The van der Waals surface area contributed by atoms with E-state index in [0.29, 0.717) is 29.7 Å². The summed E-state index contributed by atoms with van der Waals surface area (Å²) in [4.78, 5) is 0. The van der Waals surface area contributed by atoms with Crippen LogP contribution >= 0.6 is 11.6 Å². The van der Waals surface area contributed by atoms with Crippen molar-refractivity contribution in [2.24, 2.45) is 5.10 Å². The molecule has 6 heteroatoms. The molecule has 0 atom stereocenters. The Bertz CT molecular complexity index is 720. The van der Waals surface area contributed by atoms with Crippen molar-refractivity contribution < 1.29 is 14.2 Å². The van der Waals surface area contributed by atoms with E-state index in [2.05, 4.69) is 17.5 Å². The molecule has 0 fully saturated rings. The van der Waals surface area contributed by atoms with Crippen molar-refractivity contribution in [3.8, 4) is 17.2 Å². The van der Waals surface area contributed by atoms with Crippen LogP contribution in [0.2, 0.25) is 5.02 Å². The second-order valence-electron chi connectivity index (χ2n) is 5.31. The fraction of sp³-hybridized carbons (Fsp3) is 0.316. The summed E-state index contributed by atoms with van der Waals surface area (Å²) in [5.41, 5.74) is 4.88. The lowest BCUT2D eigenvalue weighted by molar-refractivity contribution is 0.317. The minimum absolute atomic E-state index is 0.558. The molecule has 25 heavy (non-hydrogen) atoms. The molecule has 0 bridgehead atoms. The molecule has 0 aliphatic heterocycles. The summed E-state index contributed by atoms with van der Waals surface area (Å²) in [6, 6.07) is 11.2. The van der Waals surface area contributed by atoms with Gasteiger partial charge in [0.2, 0.25) is 0 Å². The van der Waals surface area contributed by atoms with Gasteiger partial charge in [0.25, 0.3) is 0 Å². The minimum atomic E-state index is 0.558. The highest BCUT2D eigenvalue weighted by Gasteiger charge is 2.05. The van der Waals surface area contributed by atoms with Gasteiger partial charge in [-0.15, -0.1) is 0 Å². The molecule has 134 valence electrons. The summed E-state index contributed by atoms with van der Waals surface area (Å²) < 4.78 is 16.2. The Morgan fingerprint density at radius 1 is 1.04 bits per heavy atom. The van der Waals surface area contributed by atoms with Crippen LogP contribution in [0.25, 0.3) is 0 Å². The average molecular weight is 363 g/mol. The average Bonchev–Trinajstić information content (AvgIpc) is 2.64. The zero-order valence-electron chi connectivity index (χ0n) is 14.7. The summed E-state index contributed by atoms with van der Waals surface area (Å²) in [6.45, 7) is 3.28. The Labute approximate surface area is 153 Å². The van der Waals surface area contributed by atoms with Crippen molar-refractivity contribution in [1.29, 1.82) is 0 Å². The van der Waals surface area contributed by atoms with Gasteiger partial charge in [-0.3, -0.25) is 0 Å². The molecule has 2 aromatic carbocycles. The number of hydrazone groups is 1. The number of ether oxygens (including phenoxy) is 3. The van der Waals surface area contributed by atoms with E-state index < -0.39 is 0 Å². The van der Waals surface area contributed by atoms with Crippen LogP contribution in [0.1, 0.15) is 24.5 Å². The lowest BCUT2D eigenvalue weighted by Crippen LogP contribution is -2.06. The maximum atomic E-state index is 6.06. The summed E-state index contributed by atoms with van der Waals surface area (Å²) >= 11 is 6.06. The normalized spacial score (nSPS) is 10.7. The molecule has 0 aromatic heterocycles. The molecule has 2 aromatic rings. The number of methoxy groups -OCH3 is 2. The van der Waals surface area contributed by atoms with Crippen LogP contribution < -0.4 is 19.6 Å². The van der Waals surface area contributed by atoms with Crippen molar-refractivity contribution in [2.45, 2.75) is 19.9 Å². The molecule has 0 saturated heterocycles. The zero-order valence-corrected chi connectivity index (χ0v) is 15.5. The van der Waals surface area contributed by atoms with Crippen LogP contribution in [0.4, 0.5) is 0 Å². The molecule has 0 amide bonds. The van der Waals surface area contributed by atoms with E-state index in [-0.39, 0.29) is 0 Å². The van der Waals surface area contributed by atoms with E-state index in [0.717, 1.165) is 23.3 Å². The van der Waals surface area contributed by atoms with Crippen LogP contribution in [0.15, 0.2) is 41.5 Å². The summed E-state index contributed by atoms with van der Waals surface area (Å²) in [5, 5.41) is 4.90. The summed E-state index contributed by atoms with van der Waals surface area (Å²) in [6.07, 6.45) is 2.65. The first-order valence-electron chi connectivity index (χ1n) is 8.07. The van der Waals surface area contributed by atoms with Crippen molar-refractivity contribution in [2.75, 3.05) is 20.8 Å². The Kier molecular flexibility index (Phi) is 7.41. The van der Waals surface area contributed by atoms with E-state index in [1.807, 2.05) is 30.3 Å². The number of hydrogen-bond acceptors (Lipinski definition) is 5. The predicted molar refractivity (Wildman–Crippen MR) is 101 cm³/mol. The monoisotopic (exact) mass is 362 g/mol. The molecule has 2 rings (SSSR count). The third kappa shape index (κ3) is 5.57. The maximum Gasteiger partial charge on any atom is 0.161 e. The lowest BCUT2D eigenvalue weighted by Gasteiger charge is -2.10. The van der Waals surface area contributed by atoms with Gasteiger partial charge in [-0.25, -0.2) is 0 Å². The van der Waals surface area contributed by atoms with Crippen molar-refractivity contribution in [3.63, 3.8) is 0 Å². The highest BCUT2D eigenvalue weighted by Crippen LogP contribution is 2.27. The van der Waals surface area contributed by atoms with Crippen LogP contribution in [0, 0.1) is 0 Å². The third-order valence-corrected chi connectivity index (χ3v) is 3.69. The number of hydrogen-bond donors (Lipinski definition) is 1. The first-order valence-corrected chi connectivity index (χ1v) is 8.45. The van der Waals surface area contributed by atoms with E-state index >= 15 is 0 Å². The first-order chi connectivity index (χ1) is 12.2. The Morgan fingerprint density at radius 3 is 2.52 bits per heavy atom. The molecule has 0 unspecified atom stereocenters. The number of nitrogens with one attached hydrogen (secondary N) is 1. The highest BCUT2D eigenvalue weighted by atomic mass is 35.5. The number of benzene rings is 2. The lowest BCUT2D eigenvalue weighted by atomic mass is 10.2. The molecule has 0 spiro atoms. The van der Waals surface area contributed by atoms with E-state index in [1.54, 1.807) is 26.5 Å². The van der Waals surface area contributed by atoms with Gasteiger partial charge in [-0.05, 0) is 42.3 Å². The molecule has 0 aliphatic rings. The summed E-state index contributed by atoms with van der Waals surface area (Å²) in [7, 11) is 3.23. The van der Waals surface area contributed by atoms with Gasteiger partial charge in [0.1, 0.15) is 5.75 Å². The van der Waals surface area contributed by atoms with Gasteiger partial charge in [0.15, 0.2) is 11.5 Å². The maximum absolute atomic E-state index is 6.06. The first kappa shape index (κ1) is 18.9. The third-order valence-electron chi connectivity index (χ3n) is 3.46. The van der Waals surface area contributed by atoms with Gasteiger partial charge in [-0.1, -0.05) is 24.6 Å². The van der Waals surface area contributed by atoms with E-state index in [4.69, 9.17) is 25.8 Å². The zero-order chi connectivity index (χ0) is 18.1. The molecular weight excluding hydrogens is 340 g/mol. The van der Waals surface area contributed by atoms with Crippen LogP contribution in [0.5, 0.6) is 17.2 Å². The fourth-order valence-electron chi connectivity index (χ4n) is 2.21. The Morgan fingerprint density at radius 2 is 1.80 bits per heavy atom. The smallest absolute Gasteiger partial charge is 0.161 e. The van der Waals surface area contributed by atoms with Crippen LogP contribution in [-0.2, 0) is 6.54 Å². The quantitative estimate of drug-likeness (QED) is 0.534. The fourth-order valence-corrected chi connectivity index (χ4v) is 2.39. The predicted octanol–water partition coefficient (Wildman–Crippen LogP) is 4.27. The van der Waals surface area contributed by atoms with Crippen LogP contribution in [0.3, 0.4) is 0 Å². The number of rotatable bonds is 9. The largest absolute Gasteiger partial charge is 0.493 e. The molecule has 0 heterocycles. The highest BCUT2D eigenvalue weighted by molar-refractivity contribution is 6.30. The van der Waals surface area contributed by atoms with E-state index in [9.17, 15) is 0 Å². The van der Waals surface area contributed by atoms with Gasteiger partial charge in [-0.2, -0.15) is 5.10 Å². The Balaban J connectivity index is 2.00. The molecule has 0 aliphatic carbocycles. The van der Waals surface area contributed by atoms with Gasteiger partial charge in [0.05, 0.1) is 33.6 Å². The number of nitrogens with zero attached hydrogens (tertiary/aromatic N) is 1. The topological polar surface area (TPSA) is 52.1 Å². The second-order valence-corrected chi connectivity index (χ2v) is 5.75. The van der Waals surface area contributed by atoms with Crippen molar-refractivity contribution in [1.82, 2.24) is 5.43 Å². The van der Waals surface area contributed by atoms with E-state index in [1.165, 1.54) is 0 Å². The Hall–Kier alpha value is -2.40. The second kappa shape index (κ2) is 9.79. The van der Waals surface area contributed by atoms with Gasteiger partial charge >= 0.3 is 0 Å². The van der Waals surface area contributed by atoms with Crippen molar-refractivity contribution >= 4 is 17.8 Å². The molecule has 0 radical (unpaired) electrons. The SMILES string of the molecule is CCCOc1ccc(Cl)cc1/C=N\NCc1ccc(OC)c(OC)c1. The molecule has 5 nitrogen and oxygen atoms in total. The number of halogens is 1. The van der Waals surface area contributed by atoms with Crippen molar-refractivity contribution in [3.05, 3.63) is 52.5 Å². The standard InChI is InChI=1S/C19H23ClN2O3/c1-4-9-25-17-8-6-16(20)11-15(17)13-22-21-12-14-5-7-18(23-2)19(10-14)24-3/h5-8,10-11,13,21H,4,9,12H2,1-3H3/b22-13-. The molecule has 1 N–H and O–H groups in total.